The van der Waals surface area contributed by atoms with Crippen LogP contribution >= 0.6 is 0 Å². The average Bonchev–Trinajstić information content (AvgIpc) is 2.23. The summed E-state index contributed by atoms with van der Waals surface area (Å²) in [6, 6.07) is 8.81. The van der Waals surface area contributed by atoms with Crippen LogP contribution in [0, 0.1) is 51.0 Å². The maximum atomic E-state index is 4.34. The van der Waals surface area contributed by atoms with E-state index in [2.05, 4.69) is 41.4 Å². The Morgan fingerprint density at radius 2 is 1.73 bits per heavy atom. The first-order chi connectivity index (χ1) is 6.84. The van der Waals surface area contributed by atoms with E-state index in [4.69, 9.17) is 0 Å². The quantitative estimate of drug-likeness (QED) is 0.723. The van der Waals surface area contributed by atoms with Gasteiger partial charge in [0, 0.05) is 50.6 Å². The Kier molecular flexibility index (Phi) is 6.38. The van der Waals surface area contributed by atoms with Crippen LogP contribution in [0.4, 0.5) is 0 Å². The summed E-state index contributed by atoms with van der Waals surface area (Å²) < 4.78 is 0. The van der Waals surface area contributed by atoms with Crippen molar-refractivity contribution in [3.05, 3.63) is 40.7 Å². The van der Waals surface area contributed by atoms with Crippen LogP contribution in [0.5, 0.6) is 0 Å². The predicted octanol–water partition coefficient (Wildman–Crippen LogP) is 2.18. The molecule has 1 heterocycles. The van der Waals surface area contributed by atoms with Crippen LogP contribution in [0.2, 0.25) is 0 Å². The molecule has 0 spiro atoms. The normalized spacial score (nSPS) is 17.1. The van der Waals surface area contributed by atoms with Gasteiger partial charge in [0.2, 0.25) is 0 Å². The number of hydrogen-bond donors (Lipinski definition) is 0. The van der Waals surface area contributed by atoms with Crippen LogP contribution in [0.3, 0.4) is 0 Å². The van der Waals surface area contributed by atoms with E-state index in [1.165, 1.54) is 11.1 Å². The zero-order chi connectivity index (χ0) is 9.80. The van der Waals surface area contributed by atoms with Crippen molar-refractivity contribution in [1.82, 2.24) is 4.90 Å². The van der Waals surface area contributed by atoms with Crippen molar-refractivity contribution < 1.29 is 44.1 Å². The third kappa shape index (κ3) is 4.53. The SMILES string of the molecule is Cc1ccc(CN2CC[N-]CC2)cc1.[Ac]. The van der Waals surface area contributed by atoms with Gasteiger partial charge < -0.3 is 10.2 Å². The maximum absolute atomic E-state index is 4.34. The van der Waals surface area contributed by atoms with Crippen molar-refractivity contribution in [1.29, 1.82) is 0 Å². The molecule has 15 heavy (non-hydrogen) atoms. The molecule has 0 atom stereocenters. The third-order valence-electron chi connectivity index (χ3n) is 2.68. The van der Waals surface area contributed by atoms with Crippen molar-refractivity contribution >= 4 is 0 Å². The first-order valence-corrected chi connectivity index (χ1v) is 5.26. The summed E-state index contributed by atoms with van der Waals surface area (Å²) in [6.07, 6.45) is 0. The van der Waals surface area contributed by atoms with Crippen LogP contribution in [0.25, 0.3) is 5.32 Å². The first-order valence-electron chi connectivity index (χ1n) is 5.26. The standard InChI is InChI=1S/C12H17N2.Ac/c1-11-2-4-12(5-3-11)10-14-8-6-13-7-9-14;/h2-5H,6-10H2,1H3;/q-1;. The molecule has 1 fully saturated rings. The van der Waals surface area contributed by atoms with E-state index < -0.39 is 0 Å². The summed E-state index contributed by atoms with van der Waals surface area (Å²) in [7, 11) is 0. The van der Waals surface area contributed by atoms with Gasteiger partial charge in [0.15, 0.2) is 0 Å². The summed E-state index contributed by atoms with van der Waals surface area (Å²) in [4.78, 5) is 2.47. The van der Waals surface area contributed by atoms with Gasteiger partial charge in [-0.3, -0.25) is 0 Å². The molecule has 3 heteroatoms. The fourth-order valence-electron chi connectivity index (χ4n) is 1.76. The van der Waals surface area contributed by atoms with E-state index >= 15 is 0 Å². The Balaban J connectivity index is 0.00000112. The molecule has 79 valence electrons. The summed E-state index contributed by atoms with van der Waals surface area (Å²) in [5, 5.41) is 4.34. The number of hydrogen-bond acceptors (Lipinski definition) is 1. The van der Waals surface area contributed by atoms with Gasteiger partial charge in [-0.15, -0.1) is 13.1 Å². The molecule has 0 aliphatic carbocycles. The van der Waals surface area contributed by atoms with Crippen molar-refractivity contribution in [3.63, 3.8) is 0 Å². The molecule has 1 radical (unpaired) electrons. The second kappa shape index (κ2) is 7.01. The van der Waals surface area contributed by atoms with Gasteiger partial charge in [-0.1, -0.05) is 29.8 Å². The second-order valence-electron chi connectivity index (χ2n) is 3.93. The molecule has 1 aliphatic rings. The number of aryl methyl sites for hydroxylation is 1. The van der Waals surface area contributed by atoms with Gasteiger partial charge in [-0.2, -0.15) is 0 Å². The third-order valence-corrected chi connectivity index (χ3v) is 2.68. The number of piperazine rings is 1. The molecule has 2 nitrogen and oxygen atoms in total. The molecule has 1 aliphatic heterocycles. The molecule has 0 aromatic heterocycles. The van der Waals surface area contributed by atoms with Gasteiger partial charge in [0.1, 0.15) is 0 Å². The molecule has 0 unspecified atom stereocenters. The second-order valence-corrected chi connectivity index (χ2v) is 3.93. The Morgan fingerprint density at radius 3 is 2.33 bits per heavy atom. The maximum Gasteiger partial charge on any atom is 0.0232 e. The summed E-state index contributed by atoms with van der Waals surface area (Å²) in [6.45, 7) is 7.46. The fourth-order valence-corrected chi connectivity index (χ4v) is 1.76. The van der Waals surface area contributed by atoms with Crippen molar-refractivity contribution in [2.75, 3.05) is 26.2 Å². The van der Waals surface area contributed by atoms with Gasteiger partial charge in [-0.25, -0.2) is 0 Å². The van der Waals surface area contributed by atoms with E-state index in [9.17, 15) is 0 Å². The van der Waals surface area contributed by atoms with E-state index in [0.717, 1.165) is 32.7 Å². The largest absolute Gasteiger partial charge is 0.660 e. The van der Waals surface area contributed by atoms with Crippen molar-refractivity contribution in [3.8, 4) is 0 Å². The number of nitrogens with zero attached hydrogens (tertiary/aromatic N) is 2. The number of benzene rings is 1. The van der Waals surface area contributed by atoms with E-state index in [0.29, 0.717) is 0 Å². The first kappa shape index (κ1) is 13.6. The molecular weight excluding hydrogens is 399 g/mol. The minimum Gasteiger partial charge on any atom is -0.660 e. The molecule has 1 saturated heterocycles. The van der Waals surface area contributed by atoms with E-state index in [1.54, 1.807) is 0 Å². The zero-order valence-corrected chi connectivity index (χ0v) is 14.1. The average molecular weight is 416 g/mol. The van der Waals surface area contributed by atoms with Crippen LogP contribution in [0.15, 0.2) is 24.3 Å². The fraction of sp³-hybridized carbons (Fsp3) is 0.500. The predicted molar refractivity (Wildman–Crippen MR) is 59.5 cm³/mol. The van der Waals surface area contributed by atoms with Gasteiger partial charge in [0.05, 0.1) is 0 Å². The van der Waals surface area contributed by atoms with E-state index in [1.807, 2.05) is 0 Å². The molecule has 2 rings (SSSR count). The van der Waals surface area contributed by atoms with Crippen LogP contribution in [0.1, 0.15) is 11.1 Å². The van der Waals surface area contributed by atoms with Crippen LogP contribution in [-0.4, -0.2) is 31.1 Å². The van der Waals surface area contributed by atoms with Crippen molar-refractivity contribution in [2.24, 2.45) is 0 Å². The Labute approximate surface area is 128 Å². The van der Waals surface area contributed by atoms with Gasteiger partial charge >= 0.3 is 0 Å². The molecule has 0 N–H and O–H groups in total. The molecule has 0 amide bonds. The zero-order valence-electron chi connectivity index (χ0n) is 9.32. The van der Waals surface area contributed by atoms with Gasteiger partial charge in [-0.05, 0) is 25.6 Å². The minimum absolute atomic E-state index is 0. The summed E-state index contributed by atoms with van der Waals surface area (Å²) in [5.41, 5.74) is 2.75. The van der Waals surface area contributed by atoms with E-state index in [-0.39, 0.29) is 44.1 Å². The smallest absolute Gasteiger partial charge is 0.0232 e. The van der Waals surface area contributed by atoms with Crippen molar-refractivity contribution in [2.45, 2.75) is 13.5 Å². The Hall–Kier alpha value is 0.582. The molecule has 1 aromatic carbocycles. The Bertz CT molecular complexity index is 278. The molecular formula is C12H17AcN2-. The summed E-state index contributed by atoms with van der Waals surface area (Å²) in [5.74, 6) is 0. The van der Waals surface area contributed by atoms with Crippen LogP contribution in [-0.2, 0) is 6.54 Å². The van der Waals surface area contributed by atoms with Gasteiger partial charge in [0.25, 0.3) is 0 Å². The monoisotopic (exact) mass is 416 g/mol. The molecule has 0 saturated carbocycles. The summed E-state index contributed by atoms with van der Waals surface area (Å²) >= 11 is 0. The van der Waals surface area contributed by atoms with Crippen LogP contribution < -0.4 is 0 Å². The molecule has 0 bridgehead atoms. The Morgan fingerprint density at radius 1 is 1.13 bits per heavy atom. The number of rotatable bonds is 2. The topological polar surface area (TPSA) is 17.3 Å². The molecule has 1 aromatic rings. The minimum atomic E-state index is 0.